The average Bonchev–Trinajstić information content (AvgIpc) is 3.86. The Labute approximate surface area is 360 Å². The summed E-state index contributed by atoms with van der Waals surface area (Å²) in [5, 5.41) is 8.94. The van der Waals surface area contributed by atoms with Crippen LogP contribution in [0.2, 0.25) is 0 Å². The third-order valence-corrected chi connectivity index (χ3v) is 10.4. The SMILES string of the molecule is CCn1c(=O)c(-c2ccc(C(=O)O)cc2)nc2ccccc21.CCn1c(=O)c(-c2ccc(OC)c(OC)c2)nc2ccccc21.CCn1c(=O)c(-c2ccoc2)nc2ccccc21. The molecule has 9 aromatic rings. The Hall–Kier alpha value is -8.13. The van der Waals surface area contributed by atoms with Gasteiger partial charge in [0.05, 0.1) is 65.4 Å². The molecule has 0 saturated heterocycles. The molecule has 0 atom stereocenters. The lowest BCUT2D eigenvalue weighted by molar-refractivity contribution is 0.0697. The molecule has 0 saturated carbocycles. The van der Waals surface area contributed by atoms with Gasteiger partial charge in [-0.25, -0.2) is 19.7 Å². The number of hydrogen-bond donors (Lipinski definition) is 1. The van der Waals surface area contributed by atoms with Gasteiger partial charge in [-0.1, -0.05) is 48.5 Å². The number of carbonyl (C=O) groups is 1. The monoisotopic (exact) mass is 844 g/mol. The van der Waals surface area contributed by atoms with Crippen molar-refractivity contribution >= 4 is 39.1 Å². The molecule has 0 aliphatic carbocycles. The first-order valence-electron chi connectivity index (χ1n) is 20.2. The first-order valence-corrected chi connectivity index (χ1v) is 20.2. The molecule has 0 spiro atoms. The molecule has 1 N–H and O–H groups in total. The van der Waals surface area contributed by atoms with Crippen molar-refractivity contribution in [2.45, 2.75) is 40.4 Å². The fourth-order valence-corrected chi connectivity index (χ4v) is 7.24. The van der Waals surface area contributed by atoms with Gasteiger partial charge in [-0.3, -0.25) is 14.4 Å². The average molecular weight is 845 g/mol. The predicted molar refractivity (Wildman–Crippen MR) is 244 cm³/mol. The number of furan rings is 1. The van der Waals surface area contributed by atoms with Crippen LogP contribution in [0.5, 0.6) is 11.5 Å². The van der Waals surface area contributed by atoms with Gasteiger partial charge in [0.25, 0.3) is 16.7 Å². The number of benzene rings is 5. The minimum Gasteiger partial charge on any atom is -0.493 e. The highest BCUT2D eigenvalue weighted by molar-refractivity contribution is 5.88. The number of rotatable bonds is 9. The lowest BCUT2D eigenvalue weighted by atomic mass is 10.1. The summed E-state index contributed by atoms with van der Waals surface area (Å²) in [4.78, 5) is 62.1. The van der Waals surface area contributed by atoms with Gasteiger partial charge in [-0.2, -0.15) is 0 Å². The second-order valence-corrected chi connectivity index (χ2v) is 14.0. The quantitative estimate of drug-likeness (QED) is 0.147. The van der Waals surface area contributed by atoms with Gasteiger partial charge < -0.3 is 32.7 Å². The highest BCUT2D eigenvalue weighted by Gasteiger charge is 2.16. The second-order valence-electron chi connectivity index (χ2n) is 14.0. The third-order valence-electron chi connectivity index (χ3n) is 10.4. The van der Waals surface area contributed by atoms with Crippen molar-refractivity contribution < 1.29 is 23.8 Å². The van der Waals surface area contributed by atoms with Crippen LogP contribution >= 0.6 is 0 Å². The fourth-order valence-electron chi connectivity index (χ4n) is 7.24. The van der Waals surface area contributed by atoms with Crippen molar-refractivity contribution in [1.29, 1.82) is 0 Å². The van der Waals surface area contributed by atoms with Crippen LogP contribution in [0.3, 0.4) is 0 Å². The summed E-state index contributed by atoms with van der Waals surface area (Å²) < 4.78 is 20.7. The molecule has 0 bridgehead atoms. The highest BCUT2D eigenvalue weighted by atomic mass is 16.5. The molecule has 0 unspecified atom stereocenters. The molecule has 0 aliphatic heterocycles. The van der Waals surface area contributed by atoms with Crippen LogP contribution < -0.4 is 26.2 Å². The number of aromatic carboxylic acids is 1. The molecule has 4 heterocycles. The molecule has 63 heavy (non-hydrogen) atoms. The molecule has 0 aliphatic rings. The summed E-state index contributed by atoms with van der Waals surface area (Å²) in [5.41, 5.74) is 7.85. The minimum atomic E-state index is -0.996. The van der Waals surface area contributed by atoms with Gasteiger partial charge in [0.2, 0.25) is 0 Å². The van der Waals surface area contributed by atoms with Gasteiger partial charge in [-0.05, 0) is 93.6 Å². The molecule has 14 heteroatoms. The number of nitrogens with zero attached hydrogens (tertiary/aromatic N) is 6. The lowest BCUT2D eigenvalue weighted by Gasteiger charge is -2.12. The van der Waals surface area contributed by atoms with Gasteiger partial charge >= 0.3 is 5.97 Å². The molecular formula is C49H44N6O8. The second kappa shape index (κ2) is 19.1. The summed E-state index contributed by atoms with van der Waals surface area (Å²) in [7, 11) is 3.15. The molecule has 0 amide bonds. The third kappa shape index (κ3) is 8.73. The number of methoxy groups -OCH3 is 2. The maximum absolute atomic E-state index is 12.8. The Morgan fingerprint density at radius 1 is 0.540 bits per heavy atom. The molecule has 0 fully saturated rings. The maximum Gasteiger partial charge on any atom is 0.335 e. The Bertz CT molecular complexity index is 3260. The summed E-state index contributed by atoms with van der Waals surface area (Å²) in [6.07, 6.45) is 3.08. The number of aryl methyl sites for hydroxylation is 3. The van der Waals surface area contributed by atoms with Crippen LogP contribution in [0.1, 0.15) is 31.1 Å². The zero-order chi connectivity index (χ0) is 44.6. The largest absolute Gasteiger partial charge is 0.493 e. The highest BCUT2D eigenvalue weighted by Crippen LogP contribution is 2.31. The Morgan fingerprint density at radius 2 is 0.952 bits per heavy atom. The zero-order valence-electron chi connectivity index (χ0n) is 35.3. The number of carboxylic acid groups (broad SMARTS) is 1. The van der Waals surface area contributed by atoms with E-state index in [0.29, 0.717) is 64.9 Å². The van der Waals surface area contributed by atoms with E-state index in [1.807, 2.05) is 99.6 Å². The minimum absolute atomic E-state index is 0.0856. The van der Waals surface area contributed by atoms with Gasteiger partial charge in [0.15, 0.2) is 11.5 Å². The summed E-state index contributed by atoms with van der Waals surface area (Å²) in [6.45, 7) is 7.56. The van der Waals surface area contributed by atoms with E-state index in [0.717, 1.165) is 33.1 Å². The molecule has 9 rings (SSSR count). The summed E-state index contributed by atoms with van der Waals surface area (Å²) >= 11 is 0. The van der Waals surface area contributed by atoms with Crippen LogP contribution in [0.15, 0.2) is 153 Å². The van der Waals surface area contributed by atoms with Crippen molar-refractivity contribution in [2.24, 2.45) is 0 Å². The molecule has 318 valence electrons. The van der Waals surface area contributed by atoms with E-state index in [2.05, 4.69) is 15.0 Å². The van der Waals surface area contributed by atoms with Gasteiger partial charge in [0.1, 0.15) is 17.1 Å². The van der Waals surface area contributed by atoms with Gasteiger partial charge in [-0.15, -0.1) is 0 Å². The Balaban J connectivity index is 0.000000143. The van der Waals surface area contributed by atoms with Crippen LogP contribution in [0.25, 0.3) is 66.9 Å². The molecule has 14 nitrogen and oxygen atoms in total. The van der Waals surface area contributed by atoms with E-state index in [1.165, 1.54) is 12.1 Å². The van der Waals surface area contributed by atoms with E-state index in [4.69, 9.17) is 19.0 Å². The zero-order valence-corrected chi connectivity index (χ0v) is 35.3. The van der Waals surface area contributed by atoms with Gasteiger partial charge in [0, 0.05) is 36.3 Å². The smallest absolute Gasteiger partial charge is 0.335 e. The number of ether oxygens (including phenoxy) is 2. The summed E-state index contributed by atoms with van der Waals surface area (Å²) in [6, 6.07) is 36.0. The predicted octanol–water partition coefficient (Wildman–Crippen LogP) is 8.56. The maximum atomic E-state index is 12.8. The van der Waals surface area contributed by atoms with Crippen LogP contribution in [-0.2, 0) is 19.6 Å². The number of para-hydroxylation sites is 6. The van der Waals surface area contributed by atoms with Crippen molar-refractivity contribution in [1.82, 2.24) is 28.7 Å². The fraction of sp³-hybridized carbons (Fsp3) is 0.163. The van der Waals surface area contributed by atoms with Crippen molar-refractivity contribution in [2.75, 3.05) is 14.2 Å². The van der Waals surface area contributed by atoms with Crippen LogP contribution in [-0.4, -0.2) is 53.9 Å². The number of carboxylic acids is 1. The van der Waals surface area contributed by atoms with E-state index in [1.54, 1.807) is 70.8 Å². The number of fused-ring (bicyclic) bond motifs is 3. The Kier molecular flexibility index (Phi) is 13.0. The molecule has 5 aromatic carbocycles. The van der Waals surface area contributed by atoms with E-state index >= 15 is 0 Å². The van der Waals surface area contributed by atoms with Crippen molar-refractivity contribution in [3.8, 4) is 45.3 Å². The molecule has 0 radical (unpaired) electrons. The lowest BCUT2D eigenvalue weighted by Crippen LogP contribution is -2.22. The van der Waals surface area contributed by atoms with Crippen molar-refractivity contribution in [3.05, 3.63) is 170 Å². The summed E-state index contributed by atoms with van der Waals surface area (Å²) in [5.74, 6) is 0.194. The standard InChI is InChI=1S/C18H18N2O3.C17H14N2O3.C14H12N2O2/c1-4-20-14-8-6-5-7-13(14)19-17(18(20)21)12-9-10-15(22-2)16(11-12)23-3;1-2-19-14-6-4-3-5-13(14)18-15(16(19)20)11-7-9-12(10-8-11)17(21)22;1-2-16-12-6-4-3-5-11(12)15-13(14(16)17)10-7-8-18-9-10/h5-11H,4H2,1-3H3;3-10H,2H2,1H3,(H,21,22);3-9H,2H2,1H3. The van der Waals surface area contributed by atoms with Crippen LogP contribution in [0.4, 0.5) is 0 Å². The van der Waals surface area contributed by atoms with Crippen molar-refractivity contribution in [3.63, 3.8) is 0 Å². The topological polar surface area (TPSA) is 174 Å². The van der Waals surface area contributed by atoms with E-state index in [-0.39, 0.29) is 22.2 Å². The molecule has 4 aromatic heterocycles. The Morgan fingerprint density at radius 3 is 1.35 bits per heavy atom. The van der Waals surface area contributed by atoms with Crippen LogP contribution in [0, 0.1) is 0 Å². The van der Waals surface area contributed by atoms with E-state index < -0.39 is 5.97 Å². The normalized spacial score (nSPS) is 10.8. The molecular weight excluding hydrogens is 801 g/mol. The first kappa shape index (κ1) is 43.0. The first-order chi connectivity index (χ1) is 30.6. The number of aromatic nitrogens is 6. The number of hydrogen-bond acceptors (Lipinski definition) is 10. The van der Waals surface area contributed by atoms with E-state index in [9.17, 15) is 19.2 Å².